The fourth-order valence-corrected chi connectivity index (χ4v) is 2.77. The third-order valence-electron chi connectivity index (χ3n) is 3.93. The van der Waals surface area contributed by atoms with Crippen molar-refractivity contribution < 1.29 is 14.4 Å². The van der Waals surface area contributed by atoms with E-state index in [1.807, 2.05) is 20.8 Å². The van der Waals surface area contributed by atoms with E-state index >= 15 is 0 Å². The summed E-state index contributed by atoms with van der Waals surface area (Å²) in [5, 5.41) is 2.32. The Hall–Kier alpha value is -1.39. The van der Waals surface area contributed by atoms with Crippen LogP contribution in [0.1, 0.15) is 47.0 Å². The summed E-state index contributed by atoms with van der Waals surface area (Å²) in [6.45, 7) is 7.78. The summed E-state index contributed by atoms with van der Waals surface area (Å²) >= 11 is 0. The van der Waals surface area contributed by atoms with Gasteiger partial charge in [0.2, 0.25) is 11.8 Å². The first-order valence-electron chi connectivity index (χ1n) is 6.62. The average molecular weight is 254 g/mol. The van der Waals surface area contributed by atoms with Crippen molar-refractivity contribution in [2.24, 2.45) is 11.3 Å². The van der Waals surface area contributed by atoms with E-state index in [9.17, 15) is 14.4 Å². The predicted molar refractivity (Wildman–Crippen MR) is 67.7 cm³/mol. The second-order valence-corrected chi connectivity index (χ2v) is 4.82. The van der Waals surface area contributed by atoms with Gasteiger partial charge in [-0.1, -0.05) is 27.2 Å². The Balaban J connectivity index is 3.18. The number of barbiturate groups is 1. The number of urea groups is 1. The highest BCUT2D eigenvalue weighted by Gasteiger charge is 2.54. The third kappa shape index (κ3) is 2.02. The van der Waals surface area contributed by atoms with Crippen LogP contribution in [0.3, 0.4) is 0 Å². The number of hydrogen-bond acceptors (Lipinski definition) is 3. The lowest BCUT2D eigenvalue weighted by Crippen LogP contribution is -2.65. The molecule has 5 heteroatoms. The molecule has 1 N–H and O–H groups in total. The lowest BCUT2D eigenvalue weighted by atomic mass is 9.69. The van der Waals surface area contributed by atoms with Gasteiger partial charge in [-0.3, -0.25) is 19.8 Å². The van der Waals surface area contributed by atoms with Gasteiger partial charge in [0, 0.05) is 6.54 Å². The standard InChI is InChI=1S/C13H22N2O3/c1-5-8-9(4)13(6-2)10(16)14-12(18)15(7-3)11(13)17/h9H,5-8H2,1-4H3,(H,14,16,18). The van der Waals surface area contributed by atoms with Crippen LogP contribution in [-0.4, -0.2) is 29.3 Å². The highest BCUT2D eigenvalue weighted by atomic mass is 16.2. The molecule has 0 aromatic heterocycles. The zero-order valence-electron chi connectivity index (χ0n) is 11.6. The molecule has 18 heavy (non-hydrogen) atoms. The number of carbonyl (C=O) groups excluding carboxylic acids is 3. The highest BCUT2D eigenvalue weighted by molar-refractivity contribution is 6.19. The van der Waals surface area contributed by atoms with Crippen LogP contribution in [0.4, 0.5) is 4.79 Å². The first-order chi connectivity index (χ1) is 8.45. The number of rotatable bonds is 5. The maximum Gasteiger partial charge on any atom is 0.330 e. The Morgan fingerprint density at radius 3 is 2.28 bits per heavy atom. The number of imide groups is 2. The van der Waals surface area contributed by atoms with Crippen molar-refractivity contribution in [1.29, 1.82) is 0 Å². The van der Waals surface area contributed by atoms with Crippen molar-refractivity contribution in [3.63, 3.8) is 0 Å². The quantitative estimate of drug-likeness (QED) is 0.762. The minimum absolute atomic E-state index is 0.0675. The number of hydrogen-bond donors (Lipinski definition) is 1. The molecule has 102 valence electrons. The Bertz CT molecular complexity index is 367. The average Bonchev–Trinajstić information content (AvgIpc) is 2.30. The minimum Gasteiger partial charge on any atom is -0.277 e. The van der Waals surface area contributed by atoms with Crippen molar-refractivity contribution >= 4 is 17.8 Å². The molecule has 0 aromatic carbocycles. The molecule has 0 aromatic rings. The van der Waals surface area contributed by atoms with E-state index in [-0.39, 0.29) is 11.8 Å². The van der Waals surface area contributed by atoms with Gasteiger partial charge in [-0.2, -0.15) is 0 Å². The van der Waals surface area contributed by atoms with Gasteiger partial charge in [-0.25, -0.2) is 4.79 Å². The van der Waals surface area contributed by atoms with Crippen LogP contribution in [0.15, 0.2) is 0 Å². The summed E-state index contributed by atoms with van der Waals surface area (Å²) in [6.07, 6.45) is 2.12. The maximum absolute atomic E-state index is 12.5. The number of carbonyl (C=O) groups is 3. The summed E-state index contributed by atoms with van der Waals surface area (Å²) < 4.78 is 0. The molecule has 0 saturated carbocycles. The topological polar surface area (TPSA) is 66.5 Å². The molecular formula is C13H22N2O3. The molecule has 0 spiro atoms. The van der Waals surface area contributed by atoms with Gasteiger partial charge in [0.15, 0.2) is 0 Å². The van der Waals surface area contributed by atoms with E-state index in [1.165, 1.54) is 0 Å². The lowest BCUT2D eigenvalue weighted by molar-refractivity contribution is -0.155. The Morgan fingerprint density at radius 2 is 1.83 bits per heavy atom. The van der Waals surface area contributed by atoms with Crippen LogP contribution < -0.4 is 5.32 Å². The Morgan fingerprint density at radius 1 is 1.22 bits per heavy atom. The Kier molecular flexibility index (Phi) is 4.48. The van der Waals surface area contributed by atoms with Crippen molar-refractivity contribution in [2.45, 2.75) is 47.0 Å². The molecule has 1 aliphatic rings. The van der Waals surface area contributed by atoms with Gasteiger partial charge in [0.25, 0.3) is 0 Å². The highest BCUT2D eigenvalue weighted by Crippen LogP contribution is 2.38. The molecule has 1 heterocycles. The molecule has 2 atom stereocenters. The van der Waals surface area contributed by atoms with Crippen molar-refractivity contribution in [3.05, 3.63) is 0 Å². The first kappa shape index (κ1) is 14.7. The number of amides is 4. The summed E-state index contributed by atoms with van der Waals surface area (Å²) in [5.74, 6) is -0.852. The largest absolute Gasteiger partial charge is 0.330 e. The zero-order valence-corrected chi connectivity index (χ0v) is 11.6. The molecule has 1 fully saturated rings. The smallest absolute Gasteiger partial charge is 0.277 e. The fraction of sp³-hybridized carbons (Fsp3) is 0.769. The van der Waals surface area contributed by atoms with Crippen LogP contribution >= 0.6 is 0 Å². The molecule has 1 aliphatic heterocycles. The Labute approximate surface area is 108 Å². The van der Waals surface area contributed by atoms with Crippen LogP contribution in [0.5, 0.6) is 0 Å². The molecule has 1 saturated heterocycles. The predicted octanol–water partition coefficient (Wildman–Crippen LogP) is 1.92. The molecule has 0 aliphatic carbocycles. The van der Waals surface area contributed by atoms with E-state index < -0.39 is 17.4 Å². The van der Waals surface area contributed by atoms with Crippen LogP contribution in [0.25, 0.3) is 0 Å². The number of nitrogens with zero attached hydrogens (tertiary/aromatic N) is 1. The summed E-state index contributed by atoms with van der Waals surface area (Å²) in [5.41, 5.74) is -1.08. The molecule has 0 radical (unpaired) electrons. The van der Waals surface area contributed by atoms with Gasteiger partial charge < -0.3 is 0 Å². The first-order valence-corrected chi connectivity index (χ1v) is 6.62. The van der Waals surface area contributed by atoms with Gasteiger partial charge >= 0.3 is 6.03 Å². The second kappa shape index (κ2) is 5.50. The van der Waals surface area contributed by atoms with Crippen molar-refractivity contribution in [2.75, 3.05) is 6.54 Å². The summed E-state index contributed by atoms with van der Waals surface area (Å²) in [6, 6.07) is -0.597. The molecule has 0 bridgehead atoms. The van der Waals surface area contributed by atoms with E-state index in [0.717, 1.165) is 17.7 Å². The maximum atomic E-state index is 12.5. The molecule has 5 nitrogen and oxygen atoms in total. The summed E-state index contributed by atoms with van der Waals surface area (Å²) in [7, 11) is 0. The normalized spacial score (nSPS) is 26.2. The second-order valence-electron chi connectivity index (χ2n) is 4.82. The van der Waals surface area contributed by atoms with Gasteiger partial charge in [0.05, 0.1) is 0 Å². The zero-order chi connectivity index (χ0) is 13.9. The monoisotopic (exact) mass is 254 g/mol. The molecule has 2 unspecified atom stereocenters. The van der Waals surface area contributed by atoms with Gasteiger partial charge in [-0.05, 0) is 25.7 Å². The van der Waals surface area contributed by atoms with Crippen LogP contribution in [0, 0.1) is 11.3 Å². The van der Waals surface area contributed by atoms with E-state index in [2.05, 4.69) is 5.32 Å². The fourth-order valence-electron chi connectivity index (χ4n) is 2.77. The third-order valence-corrected chi connectivity index (χ3v) is 3.93. The SMILES string of the molecule is CCCC(C)C1(CC)C(=O)NC(=O)N(CC)C1=O. The number of nitrogens with one attached hydrogen (secondary N) is 1. The van der Waals surface area contributed by atoms with E-state index in [4.69, 9.17) is 0 Å². The van der Waals surface area contributed by atoms with Crippen LogP contribution in [0.2, 0.25) is 0 Å². The van der Waals surface area contributed by atoms with Gasteiger partial charge in [0.1, 0.15) is 5.41 Å². The summed E-state index contributed by atoms with van der Waals surface area (Å²) in [4.78, 5) is 37.4. The molecule has 1 rings (SSSR count). The van der Waals surface area contributed by atoms with Crippen molar-refractivity contribution in [3.8, 4) is 0 Å². The van der Waals surface area contributed by atoms with Crippen LogP contribution in [-0.2, 0) is 9.59 Å². The van der Waals surface area contributed by atoms with E-state index in [1.54, 1.807) is 6.92 Å². The molecule has 4 amide bonds. The van der Waals surface area contributed by atoms with E-state index in [0.29, 0.717) is 13.0 Å². The van der Waals surface area contributed by atoms with Crippen molar-refractivity contribution in [1.82, 2.24) is 10.2 Å². The lowest BCUT2D eigenvalue weighted by Gasteiger charge is -2.42. The van der Waals surface area contributed by atoms with Gasteiger partial charge in [-0.15, -0.1) is 0 Å². The minimum atomic E-state index is -1.08. The molecular weight excluding hydrogens is 232 g/mol.